The molecule has 1 aromatic heterocycles. The molecule has 0 saturated heterocycles. The van der Waals surface area contributed by atoms with Crippen molar-refractivity contribution < 1.29 is 23.9 Å². The first-order valence-electron chi connectivity index (χ1n) is 12.3. The van der Waals surface area contributed by atoms with Crippen LogP contribution < -0.4 is 16.0 Å². The first-order valence-corrected chi connectivity index (χ1v) is 12.7. The van der Waals surface area contributed by atoms with Gasteiger partial charge in [0.1, 0.15) is 17.1 Å². The Morgan fingerprint density at radius 3 is 2.51 bits per heavy atom. The summed E-state index contributed by atoms with van der Waals surface area (Å²) < 4.78 is 5.27. The summed E-state index contributed by atoms with van der Waals surface area (Å²) in [6.45, 7) is 5.31. The van der Waals surface area contributed by atoms with Crippen molar-refractivity contribution in [3.8, 4) is 0 Å². The van der Waals surface area contributed by atoms with E-state index >= 15 is 0 Å². The Bertz CT molecular complexity index is 1130. The molecule has 2 amide bonds. The summed E-state index contributed by atoms with van der Waals surface area (Å²) in [5, 5.41) is 16.6. The summed E-state index contributed by atoms with van der Waals surface area (Å²) in [7, 11) is 0. The molecule has 1 heterocycles. The van der Waals surface area contributed by atoms with Gasteiger partial charge in [-0.3, -0.25) is 14.4 Å². The molecule has 2 aromatic rings. The minimum Gasteiger partial charge on any atom is -0.461 e. The van der Waals surface area contributed by atoms with E-state index in [-0.39, 0.29) is 18.7 Å². The van der Waals surface area contributed by atoms with Crippen molar-refractivity contribution in [1.29, 1.82) is 5.41 Å². The van der Waals surface area contributed by atoms with Gasteiger partial charge in [0.05, 0.1) is 12.3 Å². The lowest BCUT2D eigenvalue weighted by Crippen LogP contribution is -2.52. The Balaban J connectivity index is 2.18. The number of thiocarbonyl (C=S) groups is 1. The van der Waals surface area contributed by atoms with Crippen LogP contribution in [0.15, 0.2) is 30.5 Å². The number of H-pyrrole nitrogens is 1. The standard InChI is InChI=1S/C26H35N5O5S/c1-16(2)36-26(35)23(11-10-18(33)15-27)30-24(34)22(8-4-5-13-28-17(3)32)31-25(37)20-7-6-9-21-19(20)12-14-29-21/h6-7,9,12,14-16,22-23,27,29H,4-5,8,10-11,13H2,1-3H3,(H,28,32)(H,30,34)(H,31,37)/t22-,23-/m0/s1. The van der Waals surface area contributed by atoms with Gasteiger partial charge in [-0.15, -0.1) is 0 Å². The van der Waals surface area contributed by atoms with Gasteiger partial charge < -0.3 is 31.1 Å². The molecule has 1 aromatic carbocycles. The monoisotopic (exact) mass is 529 g/mol. The summed E-state index contributed by atoms with van der Waals surface area (Å²) in [6, 6.07) is 5.73. The zero-order valence-electron chi connectivity index (χ0n) is 21.4. The normalized spacial score (nSPS) is 12.4. The van der Waals surface area contributed by atoms with Crippen LogP contribution in [0.4, 0.5) is 0 Å². The van der Waals surface area contributed by atoms with Gasteiger partial charge in [-0.1, -0.05) is 24.4 Å². The molecule has 5 N–H and O–H groups in total. The number of fused-ring (bicyclic) bond motifs is 1. The number of Topliss-reactive ketones (excluding diaryl/α,β-unsaturated/α-hetero) is 1. The number of unbranched alkanes of at least 4 members (excludes halogenated alkanes) is 1. The molecule has 0 spiro atoms. The molecule has 200 valence electrons. The summed E-state index contributed by atoms with van der Waals surface area (Å²) in [6.07, 6.45) is 3.67. The molecular weight excluding hydrogens is 494 g/mol. The van der Waals surface area contributed by atoms with Crippen molar-refractivity contribution in [2.24, 2.45) is 0 Å². The lowest BCUT2D eigenvalue weighted by atomic mass is 10.0. The molecule has 11 heteroatoms. The third kappa shape index (κ3) is 9.76. The second-order valence-electron chi connectivity index (χ2n) is 8.95. The summed E-state index contributed by atoms with van der Waals surface area (Å²) in [5.41, 5.74) is 1.67. The number of rotatable bonds is 15. The number of nitrogens with one attached hydrogen (secondary N) is 5. The molecule has 0 aliphatic carbocycles. The van der Waals surface area contributed by atoms with Gasteiger partial charge >= 0.3 is 5.97 Å². The van der Waals surface area contributed by atoms with Crippen LogP contribution in [0.5, 0.6) is 0 Å². The van der Waals surface area contributed by atoms with Crippen molar-refractivity contribution >= 4 is 57.9 Å². The maximum Gasteiger partial charge on any atom is 0.328 e. The number of hydrogen-bond donors (Lipinski definition) is 5. The highest BCUT2D eigenvalue weighted by molar-refractivity contribution is 7.80. The van der Waals surface area contributed by atoms with Crippen molar-refractivity contribution in [1.82, 2.24) is 20.9 Å². The van der Waals surface area contributed by atoms with E-state index in [1.807, 2.05) is 30.5 Å². The molecule has 0 unspecified atom stereocenters. The molecule has 0 fully saturated rings. The second kappa shape index (κ2) is 14.8. The average Bonchev–Trinajstić information content (AvgIpc) is 3.33. The maximum absolute atomic E-state index is 13.4. The van der Waals surface area contributed by atoms with Gasteiger partial charge in [0.25, 0.3) is 0 Å². The van der Waals surface area contributed by atoms with Crippen LogP contribution in [0.2, 0.25) is 0 Å². The molecule has 2 rings (SSSR count). The van der Waals surface area contributed by atoms with E-state index in [2.05, 4.69) is 20.9 Å². The zero-order chi connectivity index (χ0) is 27.4. The van der Waals surface area contributed by atoms with Crippen molar-refractivity contribution in [3.05, 3.63) is 36.0 Å². The quantitative estimate of drug-likeness (QED) is 0.103. The lowest BCUT2D eigenvalue weighted by Gasteiger charge is -2.24. The molecule has 10 nitrogen and oxygen atoms in total. The number of aromatic amines is 1. The van der Waals surface area contributed by atoms with Gasteiger partial charge in [0.2, 0.25) is 11.8 Å². The highest BCUT2D eigenvalue weighted by atomic mass is 32.1. The van der Waals surface area contributed by atoms with Crippen molar-refractivity contribution in [3.63, 3.8) is 0 Å². The molecule has 0 saturated carbocycles. The number of aromatic nitrogens is 1. The number of ketones is 1. The first kappa shape index (κ1) is 29.6. The van der Waals surface area contributed by atoms with Crippen LogP contribution in [-0.2, 0) is 23.9 Å². The Morgan fingerprint density at radius 1 is 1.08 bits per heavy atom. The summed E-state index contributed by atoms with van der Waals surface area (Å²) >= 11 is 5.65. The van der Waals surface area contributed by atoms with Crippen LogP contribution in [-0.4, -0.2) is 64.5 Å². The number of benzene rings is 1. The third-order valence-electron chi connectivity index (χ3n) is 5.55. The van der Waals surface area contributed by atoms with Crippen LogP contribution >= 0.6 is 12.2 Å². The number of ether oxygens (including phenoxy) is 1. The minimum absolute atomic E-state index is 0.00780. The van der Waals surface area contributed by atoms with Gasteiger partial charge in [0, 0.05) is 42.6 Å². The van der Waals surface area contributed by atoms with E-state index in [0.29, 0.717) is 37.0 Å². The molecule has 2 atom stereocenters. The second-order valence-corrected chi connectivity index (χ2v) is 9.35. The lowest BCUT2D eigenvalue weighted by molar-refractivity contribution is -0.151. The van der Waals surface area contributed by atoms with E-state index in [1.54, 1.807) is 13.8 Å². The number of hydrogen-bond acceptors (Lipinski definition) is 7. The van der Waals surface area contributed by atoms with E-state index in [1.165, 1.54) is 6.92 Å². The zero-order valence-corrected chi connectivity index (χ0v) is 22.2. The van der Waals surface area contributed by atoms with Crippen LogP contribution in [0, 0.1) is 5.41 Å². The Morgan fingerprint density at radius 2 is 1.84 bits per heavy atom. The van der Waals surface area contributed by atoms with E-state index in [0.717, 1.165) is 16.5 Å². The van der Waals surface area contributed by atoms with Gasteiger partial charge in [-0.05, 0) is 51.7 Å². The average molecular weight is 530 g/mol. The Kier molecular flexibility index (Phi) is 11.9. The predicted molar refractivity (Wildman–Crippen MR) is 146 cm³/mol. The van der Waals surface area contributed by atoms with Crippen LogP contribution in [0.3, 0.4) is 0 Å². The van der Waals surface area contributed by atoms with E-state index in [9.17, 15) is 19.2 Å². The predicted octanol–water partition coefficient (Wildman–Crippen LogP) is 2.54. The fraction of sp³-hybridized carbons (Fsp3) is 0.462. The number of amides is 2. The number of carbonyl (C=O) groups is 4. The first-order chi connectivity index (χ1) is 17.6. The smallest absolute Gasteiger partial charge is 0.328 e. The van der Waals surface area contributed by atoms with E-state index in [4.69, 9.17) is 22.4 Å². The van der Waals surface area contributed by atoms with Gasteiger partial charge in [0.15, 0.2) is 5.78 Å². The summed E-state index contributed by atoms with van der Waals surface area (Å²) in [5.74, 6) is -1.69. The SMILES string of the molecule is CC(=O)NCCCC[C@H](NC(=S)c1cccc2[nH]ccc12)C(=O)N[C@@H](CCC(=O)C=N)C(=O)OC(C)C. The Labute approximate surface area is 221 Å². The number of esters is 1. The van der Waals surface area contributed by atoms with Crippen molar-refractivity contribution in [2.75, 3.05) is 6.54 Å². The summed E-state index contributed by atoms with van der Waals surface area (Å²) in [4.78, 5) is 52.3. The highest BCUT2D eigenvalue weighted by Crippen LogP contribution is 2.18. The van der Waals surface area contributed by atoms with Gasteiger partial charge in [-0.25, -0.2) is 4.79 Å². The third-order valence-corrected chi connectivity index (χ3v) is 5.89. The van der Waals surface area contributed by atoms with Crippen LogP contribution in [0.25, 0.3) is 10.9 Å². The molecular formula is C26H35N5O5S. The molecule has 37 heavy (non-hydrogen) atoms. The largest absolute Gasteiger partial charge is 0.461 e. The Hall–Kier alpha value is -3.60. The fourth-order valence-electron chi connectivity index (χ4n) is 3.72. The van der Waals surface area contributed by atoms with Crippen molar-refractivity contribution in [2.45, 2.75) is 71.1 Å². The van der Waals surface area contributed by atoms with Crippen LogP contribution in [0.1, 0.15) is 58.4 Å². The molecule has 0 aliphatic heterocycles. The topological polar surface area (TPSA) is 153 Å². The highest BCUT2D eigenvalue weighted by Gasteiger charge is 2.28. The minimum atomic E-state index is -1.05. The molecule has 0 radical (unpaired) electrons. The van der Waals surface area contributed by atoms with Gasteiger partial charge in [-0.2, -0.15) is 0 Å². The number of carbonyl (C=O) groups excluding carboxylic acids is 4. The fourth-order valence-corrected chi connectivity index (χ4v) is 4.04. The molecule has 0 bridgehead atoms. The van der Waals surface area contributed by atoms with E-state index < -0.39 is 35.8 Å². The molecule has 0 aliphatic rings. The maximum atomic E-state index is 13.4.